The van der Waals surface area contributed by atoms with Crippen LogP contribution in [0.25, 0.3) is 0 Å². The van der Waals surface area contributed by atoms with Gasteiger partial charge in [0, 0.05) is 37.4 Å². The third kappa shape index (κ3) is 4.80. The lowest BCUT2D eigenvalue weighted by atomic mass is 10.0. The molecule has 26 heavy (non-hydrogen) atoms. The van der Waals surface area contributed by atoms with E-state index < -0.39 is 6.10 Å². The number of aryl methyl sites for hydroxylation is 2. The first-order valence-electron chi connectivity index (χ1n) is 9.71. The van der Waals surface area contributed by atoms with E-state index in [2.05, 4.69) is 22.1 Å². The van der Waals surface area contributed by atoms with E-state index in [4.69, 9.17) is 4.98 Å². The van der Waals surface area contributed by atoms with Gasteiger partial charge in [0.25, 0.3) is 0 Å². The first-order chi connectivity index (χ1) is 12.7. The van der Waals surface area contributed by atoms with Crippen LogP contribution >= 0.6 is 0 Å². The van der Waals surface area contributed by atoms with Gasteiger partial charge in [-0.1, -0.05) is 43.7 Å². The first-order valence-corrected chi connectivity index (χ1v) is 9.71. The summed E-state index contributed by atoms with van der Waals surface area (Å²) in [5.74, 6) is 1.95. The van der Waals surface area contributed by atoms with E-state index in [0.717, 1.165) is 56.0 Å². The molecule has 0 spiro atoms. The molecule has 5 nitrogen and oxygen atoms in total. The van der Waals surface area contributed by atoms with Crippen molar-refractivity contribution < 1.29 is 5.11 Å². The van der Waals surface area contributed by atoms with Gasteiger partial charge in [-0.05, 0) is 31.7 Å². The lowest BCUT2D eigenvalue weighted by molar-refractivity contribution is 0.167. The van der Waals surface area contributed by atoms with Crippen molar-refractivity contribution in [1.29, 1.82) is 0 Å². The molecular weight excluding hydrogens is 324 g/mol. The van der Waals surface area contributed by atoms with Gasteiger partial charge in [-0.25, -0.2) is 9.97 Å². The molecule has 1 aliphatic rings. The average Bonchev–Trinajstić information content (AvgIpc) is 2.69. The van der Waals surface area contributed by atoms with E-state index >= 15 is 0 Å². The van der Waals surface area contributed by atoms with Crippen LogP contribution in [0.2, 0.25) is 0 Å². The van der Waals surface area contributed by atoms with Gasteiger partial charge >= 0.3 is 0 Å². The lowest BCUT2D eigenvalue weighted by Gasteiger charge is -2.34. The standard InChI is InChI=1S/C21H30N4O/c1-3-7-18-14-22-16(2)24-21(18)25-12-10-19(11-13-25)23-15-20(26)17-8-5-4-6-9-17/h4-6,8-9,14,19-20,23,26H,3,7,10-13,15H2,1-2H3. The molecule has 2 heterocycles. The van der Waals surface area contributed by atoms with Gasteiger partial charge in [0.05, 0.1) is 6.10 Å². The van der Waals surface area contributed by atoms with Gasteiger partial charge < -0.3 is 15.3 Å². The Morgan fingerprint density at radius 2 is 1.96 bits per heavy atom. The van der Waals surface area contributed by atoms with Gasteiger partial charge in [-0.3, -0.25) is 0 Å². The molecule has 1 saturated heterocycles. The van der Waals surface area contributed by atoms with Crippen LogP contribution < -0.4 is 10.2 Å². The minimum atomic E-state index is -0.449. The number of hydrogen-bond acceptors (Lipinski definition) is 5. The minimum absolute atomic E-state index is 0.446. The van der Waals surface area contributed by atoms with E-state index in [0.29, 0.717) is 12.6 Å². The summed E-state index contributed by atoms with van der Waals surface area (Å²) in [6.45, 7) is 6.73. The molecular formula is C21H30N4O. The fourth-order valence-electron chi connectivity index (χ4n) is 3.57. The number of aliphatic hydroxyl groups is 1. The molecule has 1 aromatic heterocycles. The van der Waals surface area contributed by atoms with Crippen molar-refractivity contribution in [3.05, 3.63) is 53.5 Å². The summed E-state index contributed by atoms with van der Waals surface area (Å²) in [6.07, 6.45) is 5.80. The van der Waals surface area contributed by atoms with Crippen LogP contribution in [0, 0.1) is 6.92 Å². The Kier molecular flexibility index (Phi) is 6.58. The summed E-state index contributed by atoms with van der Waals surface area (Å²) >= 11 is 0. The van der Waals surface area contributed by atoms with Crippen LogP contribution in [0.15, 0.2) is 36.5 Å². The second-order valence-electron chi connectivity index (χ2n) is 7.11. The Hall–Kier alpha value is -1.98. The van der Waals surface area contributed by atoms with Crippen LogP contribution in [0.4, 0.5) is 5.82 Å². The number of anilines is 1. The van der Waals surface area contributed by atoms with Crippen molar-refractivity contribution in [1.82, 2.24) is 15.3 Å². The predicted octanol–water partition coefficient (Wildman–Crippen LogP) is 3.03. The molecule has 1 aliphatic heterocycles. The molecule has 0 amide bonds. The number of nitrogens with one attached hydrogen (secondary N) is 1. The molecule has 0 aliphatic carbocycles. The highest BCUT2D eigenvalue weighted by atomic mass is 16.3. The maximum atomic E-state index is 10.3. The molecule has 0 radical (unpaired) electrons. The smallest absolute Gasteiger partial charge is 0.135 e. The van der Waals surface area contributed by atoms with E-state index in [-0.39, 0.29) is 0 Å². The second-order valence-corrected chi connectivity index (χ2v) is 7.11. The maximum Gasteiger partial charge on any atom is 0.135 e. The predicted molar refractivity (Wildman–Crippen MR) is 105 cm³/mol. The number of nitrogens with zero attached hydrogens (tertiary/aromatic N) is 3. The second kappa shape index (κ2) is 9.10. The minimum Gasteiger partial charge on any atom is -0.387 e. The van der Waals surface area contributed by atoms with E-state index in [9.17, 15) is 5.11 Å². The molecule has 2 aromatic rings. The third-order valence-electron chi connectivity index (χ3n) is 5.06. The fraction of sp³-hybridized carbons (Fsp3) is 0.524. The Morgan fingerprint density at radius 3 is 2.65 bits per heavy atom. The first kappa shape index (κ1) is 18.8. The molecule has 1 atom stereocenters. The fourth-order valence-corrected chi connectivity index (χ4v) is 3.57. The Balaban J connectivity index is 1.52. The molecule has 5 heteroatoms. The normalized spacial score (nSPS) is 16.7. The van der Waals surface area contributed by atoms with Crippen molar-refractivity contribution in [2.24, 2.45) is 0 Å². The average molecular weight is 354 g/mol. The SMILES string of the molecule is CCCc1cnc(C)nc1N1CCC(NCC(O)c2ccccc2)CC1. The van der Waals surface area contributed by atoms with Crippen molar-refractivity contribution in [2.75, 3.05) is 24.5 Å². The zero-order chi connectivity index (χ0) is 18.4. The molecule has 2 N–H and O–H groups in total. The largest absolute Gasteiger partial charge is 0.387 e. The highest BCUT2D eigenvalue weighted by Crippen LogP contribution is 2.23. The molecule has 1 unspecified atom stereocenters. The monoisotopic (exact) mass is 354 g/mol. The van der Waals surface area contributed by atoms with Crippen LogP contribution in [0.3, 0.4) is 0 Å². The summed E-state index contributed by atoms with van der Waals surface area (Å²) in [5, 5.41) is 13.9. The molecule has 0 saturated carbocycles. The lowest BCUT2D eigenvalue weighted by Crippen LogP contribution is -2.44. The number of rotatable bonds is 7. The van der Waals surface area contributed by atoms with Crippen LogP contribution in [-0.4, -0.2) is 40.8 Å². The van der Waals surface area contributed by atoms with Crippen molar-refractivity contribution in [3.8, 4) is 0 Å². The highest BCUT2D eigenvalue weighted by Gasteiger charge is 2.22. The van der Waals surface area contributed by atoms with Gasteiger partial charge in [-0.2, -0.15) is 0 Å². The molecule has 1 aromatic carbocycles. The third-order valence-corrected chi connectivity index (χ3v) is 5.06. The number of aliphatic hydroxyl groups excluding tert-OH is 1. The van der Waals surface area contributed by atoms with Crippen LogP contribution in [0.5, 0.6) is 0 Å². The van der Waals surface area contributed by atoms with E-state index in [1.165, 1.54) is 5.56 Å². The number of hydrogen-bond donors (Lipinski definition) is 2. The number of piperidine rings is 1. The number of aromatic nitrogens is 2. The molecule has 1 fully saturated rings. The van der Waals surface area contributed by atoms with Gasteiger partial charge in [0.2, 0.25) is 0 Å². The topological polar surface area (TPSA) is 61.3 Å². The van der Waals surface area contributed by atoms with Gasteiger partial charge in [0.15, 0.2) is 0 Å². The van der Waals surface area contributed by atoms with Crippen molar-refractivity contribution >= 4 is 5.82 Å². The van der Waals surface area contributed by atoms with Gasteiger partial charge in [-0.15, -0.1) is 0 Å². The van der Waals surface area contributed by atoms with E-state index in [1.54, 1.807) is 0 Å². The Labute approximate surface area is 156 Å². The summed E-state index contributed by atoms with van der Waals surface area (Å²) in [5.41, 5.74) is 2.22. The summed E-state index contributed by atoms with van der Waals surface area (Å²) in [7, 11) is 0. The quantitative estimate of drug-likeness (QED) is 0.800. The molecule has 0 bridgehead atoms. The zero-order valence-electron chi connectivity index (χ0n) is 15.9. The Morgan fingerprint density at radius 1 is 1.23 bits per heavy atom. The molecule has 3 rings (SSSR count). The van der Waals surface area contributed by atoms with Crippen molar-refractivity contribution in [2.45, 2.75) is 51.7 Å². The van der Waals surface area contributed by atoms with Crippen LogP contribution in [0.1, 0.15) is 49.2 Å². The summed E-state index contributed by atoms with van der Waals surface area (Å²) in [6, 6.07) is 10.3. The van der Waals surface area contributed by atoms with Gasteiger partial charge in [0.1, 0.15) is 11.6 Å². The summed E-state index contributed by atoms with van der Waals surface area (Å²) < 4.78 is 0. The number of benzene rings is 1. The van der Waals surface area contributed by atoms with Crippen LogP contribution in [-0.2, 0) is 6.42 Å². The molecule has 140 valence electrons. The zero-order valence-corrected chi connectivity index (χ0v) is 15.9. The highest BCUT2D eigenvalue weighted by molar-refractivity contribution is 5.46. The Bertz CT molecular complexity index is 684. The summed E-state index contributed by atoms with van der Waals surface area (Å²) in [4.78, 5) is 11.5. The maximum absolute atomic E-state index is 10.3. The van der Waals surface area contributed by atoms with E-state index in [1.807, 2.05) is 43.5 Å². The van der Waals surface area contributed by atoms with Crippen molar-refractivity contribution in [3.63, 3.8) is 0 Å².